The van der Waals surface area contributed by atoms with Crippen LogP contribution in [0.3, 0.4) is 0 Å². The Kier molecular flexibility index (Phi) is 16.7. The maximum Gasteiger partial charge on any atom is 0.305 e. The van der Waals surface area contributed by atoms with E-state index in [9.17, 15) is 14.4 Å². The first-order chi connectivity index (χ1) is 12.0. The minimum Gasteiger partial charge on any atom is -0.469 e. The van der Waals surface area contributed by atoms with Gasteiger partial charge in [-0.1, -0.05) is 53.2 Å². The number of hydrogen-bond donors (Lipinski definition) is 0. The molecule has 0 atom stereocenters. The number of rotatable bonds is 7. The van der Waals surface area contributed by atoms with E-state index in [4.69, 9.17) is 0 Å². The first-order valence-electron chi connectivity index (χ1n) is 8.97. The average Bonchev–Trinajstić information content (AvgIpc) is 2.65. The normalized spacial score (nSPS) is 8.88. The second-order valence-electron chi connectivity index (χ2n) is 5.03. The van der Waals surface area contributed by atoms with Gasteiger partial charge in [-0.05, 0) is 30.5 Å². The molecule has 0 saturated carbocycles. The minimum atomic E-state index is -0.238. The standard InChI is InChI=1S/C15H19NO4.C3H8.C2H6/c1-3-14(18)16(11-17)13-9-7-12(8-10-13)5-4-6-15(19)20-2;1-3-2;1-2/h7-11H,3-6H2,1-2H3;3H2,1-2H3;1-2H3. The summed E-state index contributed by atoms with van der Waals surface area (Å²) < 4.78 is 4.57. The lowest BCUT2D eigenvalue weighted by Crippen LogP contribution is -2.28. The van der Waals surface area contributed by atoms with E-state index in [0.717, 1.165) is 16.9 Å². The molecule has 0 radical (unpaired) electrons. The topological polar surface area (TPSA) is 63.7 Å². The van der Waals surface area contributed by atoms with Gasteiger partial charge in [0.1, 0.15) is 0 Å². The number of carbonyl (C=O) groups is 3. The monoisotopic (exact) mass is 351 g/mol. The Hall–Kier alpha value is -2.17. The number of imide groups is 1. The predicted molar refractivity (Wildman–Crippen MR) is 103 cm³/mol. The summed E-state index contributed by atoms with van der Waals surface area (Å²) in [4.78, 5) is 34.6. The lowest BCUT2D eigenvalue weighted by Gasteiger charge is -2.14. The summed E-state index contributed by atoms with van der Waals surface area (Å²) in [6.07, 6.45) is 3.89. The van der Waals surface area contributed by atoms with Gasteiger partial charge >= 0.3 is 5.97 Å². The van der Waals surface area contributed by atoms with E-state index in [1.54, 1.807) is 19.1 Å². The fourth-order valence-corrected chi connectivity index (χ4v) is 1.80. The fourth-order valence-electron chi connectivity index (χ4n) is 1.80. The number of amides is 2. The molecule has 0 aliphatic carbocycles. The number of methoxy groups -OCH3 is 1. The second kappa shape index (κ2) is 16.7. The highest BCUT2D eigenvalue weighted by molar-refractivity contribution is 6.06. The molecule has 0 fully saturated rings. The van der Waals surface area contributed by atoms with Crippen LogP contribution in [-0.2, 0) is 25.5 Å². The Balaban J connectivity index is 0. The number of aryl methyl sites for hydroxylation is 1. The van der Waals surface area contributed by atoms with E-state index in [1.165, 1.54) is 13.5 Å². The maximum atomic E-state index is 11.6. The summed E-state index contributed by atoms with van der Waals surface area (Å²) in [5, 5.41) is 0. The van der Waals surface area contributed by atoms with Crippen molar-refractivity contribution in [1.82, 2.24) is 0 Å². The van der Waals surface area contributed by atoms with E-state index in [1.807, 2.05) is 26.0 Å². The molecule has 0 spiro atoms. The highest BCUT2D eigenvalue weighted by Crippen LogP contribution is 2.16. The van der Waals surface area contributed by atoms with Gasteiger partial charge in [0.05, 0.1) is 12.8 Å². The third kappa shape index (κ3) is 11.1. The molecule has 142 valence electrons. The van der Waals surface area contributed by atoms with Crippen LogP contribution in [0.1, 0.15) is 65.9 Å². The van der Waals surface area contributed by atoms with Crippen LogP contribution in [0.25, 0.3) is 0 Å². The van der Waals surface area contributed by atoms with Gasteiger partial charge in [0.25, 0.3) is 0 Å². The Morgan fingerprint density at radius 3 is 2.00 bits per heavy atom. The molecule has 1 aromatic rings. The van der Waals surface area contributed by atoms with E-state index in [2.05, 4.69) is 18.6 Å². The molecule has 1 rings (SSSR count). The molecule has 0 bridgehead atoms. The summed E-state index contributed by atoms with van der Waals surface area (Å²) in [6.45, 7) is 9.96. The van der Waals surface area contributed by atoms with Crippen LogP contribution in [-0.4, -0.2) is 25.4 Å². The number of anilines is 1. The lowest BCUT2D eigenvalue weighted by molar-refractivity contribution is -0.140. The molecule has 25 heavy (non-hydrogen) atoms. The predicted octanol–water partition coefficient (Wildman–Crippen LogP) is 4.52. The van der Waals surface area contributed by atoms with Crippen molar-refractivity contribution in [1.29, 1.82) is 0 Å². The van der Waals surface area contributed by atoms with Crippen molar-refractivity contribution < 1.29 is 19.1 Å². The lowest BCUT2D eigenvalue weighted by atomic mass is 10.1. The molecule has 1 aromatic carbocycles. The quantitative estimate of drug-likeness (QED) is 0.535. The van der Waals surface area contributed by atoms with Gasteiger partial charge in [-0.3, -0.25) is 19.3 Å². The maximum absolute atomic E-state index is 11.6. The number of carbonyl (C=O) groups excluding carboxylic acids is 3. The molecule has 0 aliphatic heterocycles. The summed E-state index contributed by atoms with van der Waals surface area (Å²) in [6, 6.07) is 7.17. The number of hydrogen-bond acceptors (Lipinski definition) is 4. The van der Waals surface area contributed by atoms with Gasteiger partial charge in [0.15, 0.2) is 0 Å². The highest BCUT2D eigenvalue weighted by Gasteiger charge is 2.12. The Morgan fingerprint density at radius 1 is 1.08 bits per heavy atom. The summed E-state index contributed by atoms with van der Waals surface area (Å²) in [5.41, 5.74) is 1.61. The first-order valence-corrected chi connectivity index (χ1v) is 8.97. The first kappa shape index (κ1) is 25.1. The van der Waals surface area contributed by atoms with Crippen LogP contribution >= 0.6 is 0 Å². The number of ether oxygens (including phenoxy) is 1. The van der Waals surface area contributed by atoms with Crippen LogP contribution in [0.4, 0.5) is 5.69 Å². The molecule has 0 heterocycles. The zero-order valence-corrected chi connectivity index (χ0v) is 16.5. The minimum absolute atomic E-state index is 0.220. The fraction of sp³-hybridized carbons (Fsp3) is 0.550. The smallest absolute Gasteiger partial charge is 0.305 e. The Labute approximate surface area is 152 Å². The van der Waals surface area contributed by atoms with Crippen molar-refractivity contribution in [2.45, 2.75) is 66.7 Å². The van der Waals surface area contributed by atoms with Crippen molar-refractivity contribution in [3.05, 3.63) is 29.8 Å². The molecule has 2 amide bonds. The van der Waals surface area contributed by atoms with Gasteiger partial charge in [-0.25, -0.2) is 0 Å². The molecule has 0 unspecified atom stereocenters. The molecule has 0 saturated heterocycles. The average molecular weight is 351 g/mol. The van der Waals surface area contributed by atoms with Crippen molar-refractivity contribution in [3.63, 3.8) is 0 Å². The summed E-state index contributed by atoms with van der Waals surface area (Å²) in [7, 11) is 1.37. The Bertz CT molecular complexity index is 483. The molecule has 5 heteroatoms. The van der Waals surface area contributed by atoms with Gasteiger partial charge in [-0.2, -0.15) is 0 Å². The summed E-state index contributed by atoms with van der Waals surface area (Å²) >= 11 is 0. The molecule has 0 N–H and O–H groups in total. The largest absolute Gasteiger partial charge is 0.469 e. The van der Waals surface area contributed by atoms with Gasteiger partial charge in [0, 0.05) is 12.8 Å². The van der Waals surface area contributed by atoms with E-state index in [-0.39, 0.29) is 18.3 Å². The van der Waals surface area contributed by atoms with Crippen LogP contribution in [0, 0.1) is 0 Å². The van der Waals surface area contributed by atoms with E-state index in [0.29, 0.717) is 24.9 Å². The second-order valence-corrected chi connectivity index (χ2v) is 5.03. The van der Waals surface area contributed by atoms with Crippen molar-refractivity contribution in [3.8, 4) is 0 Å². The van der Waals surface area contributed by atoms with E-state index >= 15 is 0 Å². The van der Waals surface area contributed by atoms with Crippen LogP contribution in [0.15, 0.2) is 24.3 Å². The van der Waals surface area contributed by atoms with Crippen LogP contribution in [0.2, 0.25) is 0 Å². The number of benzene rings is 1. The summed E-state index contributed by atoms with van der Waals surface area (Å²) in [5.74, 6) is -0.458. The molecule has 5 nitrogen and oxygen atoms in total. The van der Waals surface area contributed by atoms with Gasteiger partial charge in [0.2, 0.25) is 12.3 Å². The zero-order valence-electron chi connectivity index (χ0n) is 16.5. The van der Waals surface area contributed by atoms with Crippen molar-refractivity contribution in [2.75, 3.05) is 12.0 Å². The highest BCUT2D eigenvalue weighted by atomic mass is 16.5. The van der Waals surface area contributed by atoms with Crippen molar-refractivity contribution in [2.24, 2.45) is 0 Å². The molecular formula is C20H33NO4. The SMILES string of the molecule is CC.CCC.CCC(=O)N(C=O)c1ccc(CCCC(=O)OC)cc1. The molecule has 0 aliphatic rings. The van der Waals surface area contributed by atoms with Crippen LogP contribution < -0.4 is 4.90 Å². The number of esters is 1. The Morgan fingerprint density at radius 2 is 1.60 bits per heavy atom. The van der Waals surface area contributed by atoms with Gasteiger partial charge < -0.3 is 4.74 Å². The number of nitrogens with zero attached hydrogens (tertiary/aromatic N) is 1. The molecule has 0 aromatic heterocycles. The van der Waals surface area contributed by atoms with Gasteiger partial charge in [-0.15, -0.1) is 0 Å². The molecular weight excluding hydrogens is 318 g/mol. The van der Waals surface area contributed by atoms with Crippen LogP contribution in [0.5, 0.6) is 0 Å². The van der Waals surface area contributed by atoms with E-state index < -0.39 is 0 Å². The zero-order chi connectivity index (χ0) is 19.7. The van der Waals surface area contributed by atoms with Crippen molar-refractivity contribution >= 4 is 24.0 Å². The third-order valence-electron chi connectivity index (χ3n) is 2.97. The third-order valence-corrected chi connectivity index (χ3v) is 2.97.